The molecule has 3 nitrogen and oxygen atoms in total. The highest BCUT2D eigenvalue weighted by molar-refractivity contribution is 6.75. The van der Waals surface area contributed by atoms with Crippen molar-refractivity contribution in [3.05, 3.63) is 0 Å². The lowest BCUT2D eigenvalue weighted by Gasteiger charge is -2.21. The maximum atomic E-state index is 9.62. The minimum atomic E-state index is -2.17. The van der Waals surface area contributed by atoms with Crippen LogP contribution in [0.4, 0.5) is 0 Å². The number of halogens is 3. The Hall–Kier alpha value is 0.300. The molecule has 0 aromatic heterocycles. The molecule has 1 N–H and O–H groups in total. The van der Waals surface area contributed by atoms with Crippen molar-refractivity contribution >= 4 is 40.8 Å². The second-order valence-electron chi connectivity index (χ2n) is 4.71. The third-order valence-electron chi connectivity index (χ3n) is 2.73. The molecule has 0 spiro atoms. The minimum Gasteiger partial charge on any atom is -0.478 e. The van der Waals surface area contributed by atoms with Crippen LogP contribution in [0.15, 0.2) is 0 Å². The summed E-state index contributed by atoms with van der Waals surface area (Å²) in [5.41, 5.74) is 0. The first-order valence-corrected chi connectivity index (χ1v) is 8.45. The highest BCUT2D eigenvalue weighted by Gasteiger charge is 2.29. The first kappa shape index (κ1) is 22.6. The van der Waals surface area contributed by atoms with Crippen LogP contribution < -0.4 is 0 Å². The number of unbranched alkanes of at least 4 members (excludes halogenated alkanes) is 3. The molecule has 0 rings (SSSR count). The van der Waals surface area contributed by atoms with E-state index >= 15 is 0 Å². The van der Waals surface area contributed by atoms with Crippen molar-refractivity contribution < 1.29 is 9.90 Å². The molecule has 0 heterocycles. The summed E-state index contributed by atoms with van der Waals surface area (Å²) in [6.45, 7) is 10.8. The van der Waals surface area contributed by atoms with E-state index in [1.165, 1.54) is 58.2 Å². The lowest BCUT2D eigenvalue weighted by atomic mass is 10.2. The second kappa shape index (κ2) is 14.2. The van der Waals surface area contributed by atoms with Gasteiger partial charge in [0, 0.05) is 0 Å². The van der Waals surface area contributed by atoms with E-state index < -0.39 is 9.76 Å². The summed E-state index contributed by atoms with van der Waals surface area (Å²) in [6, 6.07) is 0. The fourth-order valence-electron chi connectivity index (χ4n) is 1.48. The van der Waals surface area contributed by atoms with Crippen LogP contribution in [-0.2, 0) is 4.79 Å². The average molecular weight is 349 g/mol. The number of hydrogen-bond donors (Lipinski definition) is 1. The van der Waals surface area contributed by atoms with Gasteiger partial charge in [0.25, 0.3) is 3.79 Å². The molecule has 0 bridgehead atoms. The van der Waals surface area contributed by atoms with Crippen molar-refractivity contribution in [2.45, 2.75) is 63.1 Å². The van der Waals surface area contributed by atoms with Gasteiger partial charge in [-0.2, -0.15) is 0 Å². The Balaban J connectivity index is 0. The smallest absolute Gasteiger partial charge is 0.356 e. The molecule has 0 saturated heterocycles. The van der Waals surface area contributed by atoms with Crippen LogP contribution in [-0.4, -0.2) is 39.4 Å². The number of alkyl halides is 3. The van der Waals surface area contributed by atoms with E-state index in [4.69, 9.17) is 39.9 Å². The molecule has 0 amide bonds. The van der Waals surface area contributed by atoms with Gasteiger partial charge in [-0.25, -0.2) is 4.79 Å². The van der Waals surface area contributed by atoms with E-state index in [0.717, 1.165) is 0 Å². The SMILES string of the molecule is CCCCN(CCCC)CCCC.O=C(O)C(Cl)(Cl)Cl. The predicted octanol–water partition coefficient (Wildman–Crippen LogP) is 5.13. The summed E-state index contributed by atoms with van der Waals surface area (Å²) in [5.74, 6) is -1.46. The Bertz CT molecular complexity index is 214. The van der Waals surface area contributed by atoms with Gasteiger partial charge in [-0.1, -0.05) is 74.8 Å². The molecular weight excluding hydrogens is 321 g/mol. The number of carbonyl (C=O) groups is 1. The lowest BCUT2D eigenvalue weighted by molar-refractivity contribution is -0.135. The highest BCUT2D eigenvalue weighted by Crippen LogP contribution is 2.25. The Morgan fingerprint density at radius 2 is 1.15 bits per heavy atom. The third-order valence-corrected chi connectivity index (χ3v) is 3.21. The molecule has 0 saturated carbocycles. The van der Waals surface area contributed by atoms with Gasteiger partial charge >= 0.3 is 5.97 Å². The van der Waals surface area contributed by atoms with Crippen molar-refractivity contribution in [3.8, 4) is 0 Å². The van der Waals surface area contributed by atoms with Crippen LogP contribution in [0.2, 0.25) is 0 Å². The fourth-order valence-corrected chi connectivity index (χ4v) is 1.48. The average Bonchev–Trinajstić information content (AvgIpc) is 2.37. The maximum Gasteiger partial charge on any atom is 0.356 e. The van der Waals surface area contributed by atoms with E-state index in [-0.39, 0.29) is 0 Å². The monoisotopic (exact) mass is 347 g/mol. The molecular formula is C14H28Cl3NO2. The van der Waals surface area contributed by atoms with Gasteiger partial charge in [0.2, 0.25) is 0 Å². The number of carboxylic acids is 1. The fraction of sp³-hybridized carbons (Fsp3) is 0.929. The van der Waals surface area contributed by atoms with Gasteiger partial charge in [0.05, 0.1) is 0 Å². The molecule has 0 fully saturated rings. The number of nitrogens with zero attached hydrogens (tertiary/aromatic N) is 1. The van der Waals surface area contributed by atoms with Crippen LogP contribution >= 0.6 is 34.8 Å². The minimum absolute atomic E-state index is 1.32. The standard InChI is InChI=1S/C12H27N.C2HCl3O2/c1-4-7-10-13(11-8-5-2)12-9-6-3;3-2(4,5)1(6)7/h4-12H2,1-3H3;(H,6,7). The zero-order valence-electron chi connectivity index (χ0n) is 12.8. The first-order chi connectivity index (χ1) is 9.29. The summed E-state index contributed by atoms with van der Waals surface area (Å²) < 4.78 is -2.17. The molecule has 0 unspecified atom stereocenters. The van der Waals surface area contributed by atoms with Crippen LogP contribution in [0.25, 0.3) is 0 Å². The normalized spacial score (nSPS) is 11.2. The van der Waals surface area contributed by atoms with Gasteiger partial charge in [0.15, 0.2) is 0 Å². The molecule has 0 aliphatic carbocycles. The second-order valence-corrected chi connectivity index (χ2v) is 6.99. The van der Waals surface area contributed by atoms with Crippen molar-refractivity contribution in [1.29, 1.82) is 0 Å². The van der Waals surface area contributed by atoms with Gasteiger partial charge in [-0.15, -0.1) is 0 Å². The van der Waals surface area contributed by atoms with E-state index in [2.05, 4.69) is 25.7 Å². The predicted molar refractivity (Wildman–Crippen MR) is 89.1 cm³/mol. The Morgan fingerprint density at radius 1 is 0.900 bits per heavy atom. The molecule has 6 heteroatoms. The molecule has 122 valence electrons. The molecule has 0 atom stereocenters. The van der Waals surface area contributed by atoms with Crippen molar-refractivity contribution in [3.63, 3.8) is 0 Å². The van der Waals surface area contributed by atoms with Gasteiger partial charge < -0.3 is 10.0 Å². The molecule has 0 aromatic rings. The third kappa shape index (κ3) is 16.4. The Labute approximate surface area is 138 Å². The van der Waals surface area contributed by atoms with Gasteiger partial charge in [0.1, 0.15) is 0 Å². The number of rotatable bonds is 9. The number of carboxylic acid groups (broad SMARTS) is 1. The van der Waals surface area contributed by atoms with Crippen molar-refractivity contribution in [2.24, 2.45) is 0 Å². The quantitative estimate of drug-likeness (QED) is 0.587. The zero-order valence-corrected chi connectivity index (χ0v) is 15.1. The molecule has 0 aromatic carbocycles. The van der Waals surface area contributed by atoms with Gasteiger partial charge in [-0.05, 0) is 38.9 Å². The van der Waals surface area contributed by atoms with Crippen molar-refractivity contribution in [2.75, 3.05) is 19.6 Å². The van der Waals surface area contributed by atoms with E-state index in [1.807, 2.05) is 0 Å². The van der Waals surface area contributed by atoms with Crippen molar-refractivity contribution in [1.82, 2.24) is 4.90 Å². The highest BCUT2D eigenvalue weighted by atomic mass is 35.6. The van der Waals surface area contributed by atoms with E-state index in [1.54, 1.807) is 0 Å². The van der Waals surface area contributed by atoms with Crippen LogP contribution in [0.1, 0.15) is 59.3 Å². The molecule has 0 radical (unpaired) electrons. The summed E-state index contributed by atoms with van der Waals surface area (Å²) in [7, 11) is 0. The maximum absolute atomic E-state index is 9.62. The zero-order chi connectivity index (χ0) is 16.0. The molecule has 0 aliphatic rings. The lowest BCUT2D eigenvalue weighted by Crippen LogP contribution is -2.27. The Morgan fingerprint density at radius 3 is 1.30 bits per heavy atom. The first-order valence-electron chi connectivity index (χ1n) is 7.31. The molecule has 20 heavy (non-hydrogen) atoms. The largest absolute Gasteiger partial charge is 0.478 e. The van der Waals surface area contributed by atoms with E-state index in [0.29, 0.717) is 0 Å². The molecule has 0 aliphatic heterocycles. The summed E-state index contributed by atoms with van der Waals surface area (Å²) >= 11 is 14.4. The topological polar surface area (TPSA) is 40.5 Å². The number of aliphatic carboxylic acids is 1. The summed E-state index contributed by atoms with van der Waals surface area (Å²) in [4.78, 5) is 12.3. The Kier molecular flexibility index (Phi) is 16.1. The van der Waals surface area contributed by atoms with Crippen LogP contribution in [0.5, 0.6) is 0 Å². The van der Waals surface area contributed by atoms with E-state index in [9.17, 15) is 4.79 Å². The number of hydrogen-bond acceptors (Lipinski definition) is 2. The van der Waals surface area contributed by atoms with Crippen LogP contribution in [0, 0.1) is 0 Å². The van der Waals surface area contributed by atoms with Gasteiger partial charge in [-0.3, -0.25) is 0 Å². The summed E-state index contributed by atoms with van der Waals surface area (Å²) in [6.07, 6.45) is 8.09. The summed E-state index contributed by atoms with van der Waals surface area (Å²) in [5, 5.41) is 7.85. The van der Waals surface area contributed by atoms with Crippen LogP contribution in [0.3, 0.4) is 0 Å².